The number of rotatable bonds is 3. The van der Waals surface area contributed by atoms with Crippen LogP contribution in [0.3, 0.4) is 0 Å². The van der Waals surface area contributed by atoms with E-state index in [-0.39, 0.29) is 5.56 Å². The Hall–Kier alpha value is -1.00. The van der Waals surface area contributed by atoms with E-state index < -0.39 is 11.6 Å². The van der Waals surface area contributed by atoms with Crippen LogP contribution in [0.5, 0.6) is 0 Å². The quantitative estimate of drug-likeness (QED) is 0.865. The van der Waals surface area contributed by atoms with E-state index in [1.54, 1.807) is 6.92 Å². The average molecular weight is 240 g/mol. The molecule has 0 unspecified atom stereocenters. The van der Waals surface area contributed by atoms with E-state index in [0.29, 0.717) is 12.0 Å². The van der Waals surface area contributed by atoms with Crippen LogP contribution in [0.2, 0.25) is 0 Å². The Morgan fingerprint density at radius 1 is 1.18 bits per heavy atom. The van der Waals surface area contributed by atoms with Crippen molar-refractivity contribution in [3.05, 3.63) is 34.9 Å². The van der Waals surface area contributed by atoms with E-state index in [9.17, 15) is 8.78 Å². The topological polar surface area (TPSA) is 15.3 Å². The average Bonchev–Trinajstić information content (AvgIpc) is 2.29. The minimum absolute atomic E-state index is 0.217. The molecule has 0 bridgehead atoms. The molecule has 2 nitrogen and oxygen atoms in total. The zero-order chi connectivity index (χ0) is 12.3. The van der Waals surface area contributed by atoms with Crippen LogP contribution in [-0.4, -0.2) is 37.6 Å². The molecule has 0 spiro atoms. The van der Waals surface area contributed by atoms with Crippen LogP contribution < -0.4 is 5.32 Å². The molecule has 0 radical (unpaired) electrons. The first-order chi connectivity index (χ1) is 8.16. The molecule has 1 fully saturated rings. The van der Waals surface area contributed by atoms with Gasteiger partial charge >= 0.3 is 0 Å². The second kappa shape index (κ2) is 5.56. The van der Waals surface area contributed by atoms with Crippen LogP contribution in [0.25, 0.3) is 0 Å². The molecular weight excluding hydrogens is 222 g/mol. The highest BCUT2D eigenvalue weighted by molar-refractivity contribution is 5.25. The molecule has 1 aromatic carbocycles. The lowest BCUT2D eigenvalue weighted by Gasteiger charge is -2.27. The lowest BCUT2D eigenvalue weighted by molar-refractivity contribution is 0.242. The summed E-state index contributed by atoms with van der Waals surface area (Å²) in [5.41, 5.74) is 0.847. The highest BCUT2D eigenvalue weighted by atomic mass is 19.1. The van der Waals surface area contributed by atoms with E-state index in [1.165, 1.54) is 12.1 Å². The Kier molecular flexibility index (Phi) is 4.07. The molecule has 0 aromatic heterocycles. The predicted molar refractivity (Wildman–Crippen MR) is 64.1 cm³/mol. The van der Waals surface area contributed by atoms with Crippen LogP contribution >= 0.6 is 0 Å². The molecule has 4 heteroatoms. The Morgan fingerprint density at radius 3 is 2.35 bits per heavy atom. The maximum Gasteiger partial charge on any atom is 0.129 e. The van der Waals surface area contributed by atoms with Gasteiger partial charge in [0.05, 0.1) is 0 Å². The maximum absolute atomic E-state index is 13.6. The van der Waals surface area contributed by atoms with Crippen molar-refractivity contribution in [3.63, 3.8) is 0 Å². The van der Waals surface area contributed by atoms with Crippen LogP contribution in [0.1, 0.15) is 11.1 Å². The van der Waals surface area contributed by atoms with E-state index in [0.717, 1.165) is 32.7 Å². The molecule has 94 valence electrons. The van der Waals surface area contributed by atoms with Gasteiger partial charge < -0.3 is 10.2 Å². The summed E-state index contributed by atoms with van der Waals surface area (Å²) in [6.07, 6.45) is 0.442. The van der Waals surface area contributed by atoms with Crippen molar-refractivity contribution in [3.8, 4) is 0 Å². The SMILES string of the molecule is Cc1cc(F)c(CCN2CCNCC2)c(F)c1. The summed E-state index contributed by atoms with van der Waals surface area (Å²) in [7, 11) is 0. The summed E-state index contributed by atoms with van der Waals surface area (Å²) in [6, 6.07) is 2.80. The fraction of sp³-hybridized carbons (Fsp3) is 0.538. The summed E-state index contributed by atoms with van der Waals surface area (Å²) in [5.74, 6) is -0.838. The molecule has 0 amide bonds. The van der Waals surface area contributed by atoms with Crippen molar-refractivity contribution in [1.29, 1.82) is 0 Å². The third-order valence-corrected chi connectivity index (χ3v) is 3.17. The van der Waals surface area contributed by atoms with Crippen molar-refractivity contribution in [2.45, 2.75) is 13.3 Å². The third kappa shape index (κ3) is 3.23. The Morgan fingerprint density at radius 2 is 1.76 bits per heavy atom. The van der Waals surface area contributed by atoms with Gasteiger partial charge in [0.25, 0.3) is 0 Å². The molecule has 1 aliphatic heterocycles. The van der Waals surface area contributed by atoms with Gasteiger partial charge in [0.2, 0.25) is 0 Å². The smallest absolute Gasteiger partial charge is 0.129 e. The third-order valence-electron chi connectivity index (χ3n) is 3.17. The maximum atomic E-state index is 13.6. The predicted octanol–water partition coefficient (Wildman–Crippen LogP) is 1.72. The van der Waals surface area contributed by atoms with Crippen LogP contribution in [0, 0.1) is 18.6 Å². The zero-order valence-corrected chi connectivity index (χ0v) is 10.1. The van der Waals surface area contributed by atoms with Crippen LogP contribution in [-0.2, 0) is 6.42 Å². The standard InChI is InChI=1S/C13H18F2N2/c1-10-8-12(14)11(13(15)9-10)2-5-17-6-3-16-4-7-17/h8-9,16H,2-7H2,1H3. The summed E-state index contributed by atoms with van der Waals surface area (Å²) in [6.45, 7) is 6.24. The van der Waals surface area contributed by atoms with E-state index in [2.05, 4.69) is 10.2 Å². The molecule has 1 saturated heterocycles. The van der Waals surface area contributed by atoms with Crippen molar-refractivity contribution in [2.24, 2.45) is 0 Å². The molecular formula is C13H18F2N2. The second-order valence-corrected chi connectivity index (χ2v) is 4.55. The highest BCUT2D eigenvalue weighted by Gasteiger charge is 2.13. The first kappa shape index (κ1) is 12.5. The van der Waals surface area contributed by atoms with Crippen molar-refractivity contribution >= 4 is 0 Å². The van der Waals surface area contributed by atoms with Gasteiger partial charge in [-0.3, -0.25) is 0 Å². The van der Waals surface area contributed by atoms with Gasteiger partial charge in [-0.05, 0) is 31.0 Å². The number of halogens is 2. The summed E-state index contributed by atoms with van der Waals surface area (Å²) in [4.78, 5) is 2.23. The van der Waals surface area contributed by atoms with Gasteiger partial charge in [-0.2, -0.15) is 0 Å². The first-order valence-corrected chi connectivity index (χ1v) is 6.04. The second-order valence-electron chi connectivity index (χ2n) is 4.55. The fourth-order valence-corrected chi connectivity index (χ4v) is 2.17. The van der Waals surface area contributed by atoms with E-state index in [4.69, 9.17) is 0 Å². The number of aryl methyl sites for hydroxylation is 1. The first-order valence-electron chi connectivity index (χ1n) is 6.04. The van der Waals surface area contributed by atoms with Crippen molar-refractivity contribution < 1.29 is 8.78 Å². The fourth-order valence-electron chi connectivity index (χ4n) is 2.17. The van der Waals surface area contributed by atoms with Crippen LogP contribution in [0.4, 0.5) is 8.78 Å². The minimum atomic E-state index is -0.419. The summed E-state index contributed by atoms with van der Waals surface area (Å²) in [5, 5.41) is 3.25. The van der Waals surface area contributed by atoms with E-state index in [1.807, 2.05) is 0 Å². The summed E-state index contributed by atoms with van der Waals surface area (Å²) < 4.78 is 27.2. The van der Waals surface area contributed by atoms with Gasteiger partial charge in [-0.25, -0.2) is 8.78 Å². The van der Waals surface area contributed by atoms with Crippen LogP contribution in [0.15, 0.2) is 12.1 Å². The number of hydrogen-bond donors (Lipinski definition) is 1. The lowest BCUT2D eigenvalue weighted by Crippen LogP contribution is -2.44. The van der Waals surface area contributed by atoms with Gasteiger partial charge in [0, 0.05) is 38.3 Å². The van der Waals surface area contributed by atoms with E-state index >= 15 is 0 Å². The normalized spacial score (nSPS) is 17.4. The molecule has 0 atom stereocenters. The number of benzene rings is 1. The molecule has 1 aromatic rings. The number of piperazine rings is 1. The van der Waals surface area contributed by atoms with Gasteiger partial charge in [-0.1, -0.05) is 0 Å². The molecule has 1 N–H and O–H groups in total. The molecule has 0 aliphatic carbocycles. The Bertz CT molecular complexity index is 364. The summed E-state index contributed by atoms with van der Waals surface area (Å²) >= 11 is 0. The van der Waals surface area contributed by atoms with Gasteiger partial charge in [0.15, 0.2) is 0 Å². The number of nitrogens with one attached hydrogen (secondary N) is 1. The zero-order valence-electron chi connectivity index (χ0n) is 10.1. The highest BCUT2D eigenvalue weighted by Crippen LogP contribution is 2.16. The molecule has 2 rings (SSSR count). The van der Waals surface area contributed by atoms with Crippen molar-refractivity contribution in [1.82, 2.24) is 10.2 Å². The van der Waals surface area contributed by atoms with Crippen molar-refractivity contribution in [2.75, 3.05) is 32.7 Å². The molecule has 17 heavy (non-hydrogen) atoms. The molecule has 0 saturated carbocycles. The molecule has 1 aliphatic rings. The Balaban J connectivity index is 1.98. The minimum Gasteiger partial charge on any atom is -0.314 e. The Labute approximate surface area is 101 Å². The number of nitrogens with zero attached hydrogens (tertiary/aromatic N) is 1. The monoisotopic (exact) mass is 240 g/mol. The number of hydrogen-bond acceptors (Lipinski definition) is 2. The van der Waals surface area contributed by atoms with Gasteiger partial charge in [0.1, 0.15) is 11.6 Å². The lowest BCUT2D eigenvalue weighted by atomic mass is 10.1. The molecule has 1 heterocycles. The van der Waals surface area contributed by atoms with Gasteiger partial charge in [-0.15, -0.1) is 0 Å². The largest absolute Gasteiger partial charge is 0.314 e.